The SMILES string of the molecule is OC(CNCCSc1ccccc1)CC1CCCC1. The smallest absolute Gasteiger partial charge is 0.0667 e. The molecular weight excluding hydrogens is 254 g/mol. The molecule has 1 saturated carbocycles. The van der Waals surface area contributed by atoms with Gasteiger partial charge in [0.05, 0.1) is 6.10 Å². The van der Waals surface area contributed by atoms with Crippen LogP contribution in [0.2, 0.25) is 0 Å². The van der Waals surface area contributed by atoms with E-state index in [0.29, 0.717) is 0 Å². The molecule has 1 aliphatic rings. The third-order valence-electron chi connectivity index (χ3n) is 3.75. The number of nitrogens with one attached hydrogen (secondary N) is 1. The largest absolute Gasteiger partial charge is 0.392 e. The van der Waals surface area contributed by atoms with Crippen molar-refractivity contribution in [2.75, 3.05) is 18.8 Å². The predicted molar refractivity (Wildman–Crippen MR) is 82.6 cm³/mol. The number of benzene rings is 1. The zero-order valence-corrected chi connectivity index (χ0v) is 12.4. The fraction of sp³-hybridized carbons (Fsp3) is 0.625. The van der Waals surface area contributed by atoms with Crippen molar-refractivity contribution in [2.24, 2.45) is 5.92 Å². The number of aliphatic hydroxyl groups excluding tert-OH is 1. The summed E-state index contributed by atoms with van der Waals surface area (Å²) < 4.78 is 0. The Morgan fingerprint density at radius 2 is 1.95 bits per heavy atom. The molecule has 0 spiro atoms. The van der Waals surface area contributed by atoms with E-state index >= 15 is 0 Å². The highest BCUT2D eigenvalue weighted by atomic mass is 32.2. The fourth-order valence-electron chi connectivity index (χ4n) is 2.74. The first-order valence-electron chi connectivity index (χ1n) is 7.41. The third-order valence-corrected chi connectivity index (χ3v) is 4.76. The lowest BCUT2D eigenvalue weighted by Gasteiger charge is -2.15. The molecule has 1 fully saturated rings. The molecule has 1 unspecified atom stereocenters. The Kier molecular flexibility index (Phi) is 6.75. The molecule has 1 atom stereocenters. The van der Waals surface area contributed by atoms with Crippen LogP contribution in [0.15, 0.2) is 35.2 Å². The van der Waals surface area contributed by atoms with Gasteiger partial charge >= 0.3 is 0 Å². The van der Waals surface area contributed by atoms with Crippen molar-refractivity contribution in [2.45, 2.75) is 43.1 Å². The summed E-state index contributed by atoms with van der Waals surface area (Å²) in [6, 6.07) is 10.5. The van der Waals surface area contributed by atoms with Gasteiger partial charge in [-0.25, -0.2) is 0 Å². The summed E-state index contributed by atoms with van der Waals surface area (Å²) in [6.45, 7) is 1.70. The van der Waals surface area contributed by atoms with Crippen molar-refractivity contribution >= 4 is 11.8 Å². The highest BCUT2D eigenvalue weighted by molar-refractivity contribution is 7.99. The normalized spacial score (nSPS) is 17.7. The van der Waals surface area contributed by atoms with Crippen molar-refractivity contribution in [1.29, 1.82) is 0 Å². The van der Waals surface area contributed by atoms with Crippen LogP contribution in [0, 0.1) is 5.92 Å². The molecule has 0 saturated heterocycles. The first kappa shape index (κ1) is 14.9. The van der Waals surface area contributed by atoms with E-state index in [2.05, 4.69) is 29.6 Å². The van der Waals surface area contributed by atoms with Gasteiger partial charge in [-0.3, -0.25) is 0 Å². The second-order valence-corrected chi connectivity index (χ2v) is 6.57. The van der Waals surface area contributed by atoms with Gasteiger partial charge in [-0.2, -0.15) is 0 Å². The monoisotopic (exact) mass is 279 g/mol. The maximum atomic E-state index is 9.96. The topological polar surface area (TPSA) is 32.3 Å². The van der Waals surface area contributed by atoms with E-state index in [1.807, 2.05) is 17.8 Å². The van der Waals surface area contributed by atoms with E-state index in [0.717, 1.165) is 31.2 Å². The van der Waals surface area contributed by atoms with Gasteiger partial charge in [-0.1, -0.05) is 43.9 Å². The number of aliphatic hydroxyl groups is 1. The van der Waals surface area contributed by atoms with Crippen LogP contribution in [-0.4, -0.2) is 30.1 Å². The molecule has 2 rings (SSSR count). The molecule has 0 heterocycles. The van der Waals surface area contributed by atoms with Gasteiger partial charge in [0.2, 0.25) is 0 Å². The lowest BCUT2D eigenvalue weighted by molar-refractivity contribution is 0.141. The Morgan fingerprint density at radius 3 is 2.68 bits per heavy atom. The molecule has 0 bridgehead atoms. The van der Waals surface area contributed by atoms with Crippen LogP contribution in [0.5, 0.6) is 0 Å². The first-order valence-corrected chi connectivity index (χ1v) is 8.40. The van der Waals surface area contributed by atoms with Crippen LogP contribution in [0.25, 0.3) is 0 Å². The average molecular weight is 279 g/mol. The summed E-state index contributed by atoms with van der Waals surface area (Å²) >= 11 is 1.86. The van der Waals surface area contributed by atoms with Crippen molar-refractivity contribution < 1.29 is 5.11 Å². The minimum absolute atomic E-state index is 0.162. The van der Waals surface area contributed by atoms with Crippen LogP contribution in [0.4, 0.5) is 0 Å². The van der Waals surface area contributed by atoms with Gasteiger partial charge in [0, 0.05) is 23.7 Å². The lowest BCUT2D eigenvalue weighted by atomic mass is 10.0. The molecule has 0 aliphatic heterocycles. The van der Waals surface area contributed by atoms with E-state index in [1.165, 1.54) is 30.6 Å². The summed E-state index contributed by atoms with van der Waals surface area (Å²) in [5.41, 5.74) is 0. The first-order chi connectivity index (χ1) is 9.34. The number of thioether (sulfide) groups is 1. The maximum Gasteiger partial charge on any atom is 0.0667 e. The molecule has 3 heteroatoms. The van der Waals surface area contributed by atoms with Gasteiger partial charge in [-0.05, 0) is 24.5 Å². The van der Waals surface area contributed by atoms with Gasteiger partial charge in [0.1, 0.15) is 0 Å². The van der Waals surface area contributed by atoms with Gasteiger partial charge in [0.15, 0.2) is 0 Å². The van der Waals surface area contributed by atoms with Crippen LogP contribution in [0.3, 0.4) is 0 Å². The van der Waals surface area contributed by atoms with Gasteiger partial charge < -0.3 is 10.4 Å². The molecule has 0 radical (unpaired) electrons. The Bertz CT molecular complexity index is 338. The molecule has 2 N–H and O–H groups in total. The summed E-state index contributed by atoms with van der Waals surface area (Å²) in [5.74, 6) is 1.83. The zero-order valence-electron chi connectivity index (χ0n) is 11.6. The summed E-state index contributed by atoms with van der Waals surface area (Å²) in [7, 11) is 0. The van der Waals surface area contributed by atoms with Gasteiger partial charge in [-0.15, -0.1) is 11.8 Å². The minimum Gasteiger partial charge on any atom is -0.392 e. The molecule has 0 amide bonds. The van der Waals surface area contributed by atoms with Crippen LogP contribution >= 0.6 is 11.8 Å². The van der Waals surface area contributed by atoms with Gasteiger partial charge in [0.25, 0.3) is 0 Å². The third kappa shape index (κ3) is 5.98. The van der Waals surface area contributed by atoms with Crippen molar-refractivity contribution in [3.63, 3.8) is 0 Å². The highest BCUT2D eigenvalue weighted by Gasteiger charge is 2.18. The molecular formula is C16H25NOS. The van der Waals surface area contributed by atoms with Crippen LogP contribution < -0.4 is 5.32 Å². The average Bonchev–Trinajstić information content (AvgIpc) is 2.92. The molecule has 1 aromatic rings. The quantitative estimate of drug-likeness (QED) is 0.565. The Labute approximate surface area is 121 Å². The fourth-order valence-corrected chi connectivity index (χ4v) is 3.57. The minimum atomic E-state index is -0.162. The summed E-state index contributed by atoms with van der Waals surface area (Å²) in [5, 5.41) is 13.3. The Hall–Kier alpha value is -0.510. The van der Waals surface area contributed by atoms with Crippen molar-refractivity contribution in [3.8, 4) is 0 Å². The Morgan fingerprint density at radius 1 is 1.21 bits per heavy atom. The van der Waals surface area contributed by atoms with Crippen molar-refractivity contribution in [1.82, 2.24) is 5.32 Å². The standard InChI is InChI=1S/C16H25NOS/c18-15(12-14-6-4-5-7-14)13-17-10-11-19-16-8-2-1-3-9-16/h1-3,8-9,14-15,17-18H,4-7,10-13H2. The number of hydrogen-bond acceptors (Lipinski definition) is 3. The maximum absolute atomic E-state index is 9.96. The molecule has 19 heavy (non-hydrogen) atoms. The van der Waals surface area contributed by atoms with Crippen LogP contribution in [-0.2, 0) is 0 Å². The molecule has 0 aromatic heterocycles. The van der Waals surface area contributed by atoms with E-state index < -0.39 is 0 Å². The molecule has 106 valence electrons. The Balaban J connectivity index is 1.49. The summed E-state index contributed by atoms with van der Waals surface area (Å²) in [6.07, 6.45) is 6.18. The van der Waals surface area contributed by atoms with E-state index in [-0.39, 0.29) is 6.10 Å². The number of hydrogen-bond donors (Lipinski definition) is 2. The van der Waals surface area contributed by atoms with Crippen molar-refractivity contribution in [3.05, 3.63) is 30.3 Å². The second-order valence-electron chi connectivity index (χ2n) is 5.41. The van der Waals surface area contributed by atoms with E-state index in [9.17, 15) is 5.11 Å². The van der Waals surface area contributed by atoms with E-state index in [1.54, 1.807) is 0 Å². The molecule has 1 aromatic carbocycles. The lowest BCUT2D eigenvalue weighted by Crippen LogP contribution is -2.29. The van der Waals surface area contributed by atoms with Crippen LogP contribution in [0.1, 0.15) is 32.1 Å². The summed E-state index contributed by atoms with van der Waals surface area (Å²) in [4.78, 5) is 1.32. The molecule has 1 aliphatic carbocycles. The zero-order chi connectivity index (χ0) is 13.3. The second kappa shape index (κ2) is 8.62. The molecule has 2 nitrogen and oxygen atoms in total. The number of rotatable bonds is 8. The van der Waals surface area contributed by atoms with E-state index in [4.69, 9.17) is 0 Å². The highest BCUT2D eigenvalue weighted by Crippen LogP contribution is 2.28. The predicted octanol–water partition coefficient (Wildman–Crippen LogP) is 3.31.